The molecular formula is C50H58O9. The number of benzene rings is 5. The smallest absolute Gasteiger partial charge is 0.306 e. The Bertz CT molecular complexity index is 1840. The third-order valence-electron chi connectivity index (χ3n) is 9.69. The molecule has 9 heteroatoms. The number of rotatable bonds is 22. The Morgan fingerprint density at radius 2 is 0.898 bits per heavy atom. The molecular weight excluding hydrogens is 745 g/mol. The molecule has 1 heterocycles. The van der Waals surface area contributed by atoms with Crippen molar-refractivity contribution in [2.45, 2.75) is 97.0 Å². The lowest BCUT2D eigenvalue weighted by atomic mass is 9.92. The van der Waals surface area contributed by atoms with Gasteiger partial charge in [-0.15, -0.1) is 0 Å². The van der Waals surface area contributed by atoms with Crippen LogP contribution >= 0.6 is 0 Å². The van der Waals surface area contributed by atoms with Crippen molar-refractivity contribution >= 4 is 5.97 Å². The van der Waals surface area contributed by atoms with Gasteiger partial charge in [0.25, 0.3) is 0 Å². The van der Waals surface area contributed by atoms with Gasteiger partial charge in [-0.3, -0.25) is 4.79 Å². The second kappa shape index (κ2) is 23.2. The van der Waals surface area contributed by atoms with Crippen molar-refractivity contribution in [2.75, 3.05) is 19.8 Å². The summed E-state index contributed by atoms with van der Waals surface area (Å²) in [5, 5.41) is 0. The number of carbonyl (C=O) groups is 1. The van der Waals surface area contributed by atoms with Crippen molar-refractivity contribution in [1.29, 1.82) is 0 Å². The Balaban J connectivity index is 1.31. The maximum absolute atomic E-state index is 13.2. The first kappa shape index (κ1) is 43.9. The van der Waals surface area contributed by atoms with Gasteiger partial charge >= 0.3 is 5.97 Å². The molecule has 59 heavy (non-hydrogen) atoms. The third kappa shape index (κ3) is 15.1. The fraction of sp³-hybridized carbons (Fsp3) is 0.380. The van der Waals surface area contributed by atoms with E-state index in [1.54, 1.807) is 0 Å². The average Bonchev–Trinajstić information content (AvgIpc) is 3.25. The summed E-state index contributed by atoms with van der Waals surface area (Å²) in [6.45, 7) is 7.94. The van der Waals surface area contributed by atoms with E-state index in [2.05, 4.69) is 0 Å². The third-order valence-corrected chi connectivity index (χ3v) is 9.69. The van der Waals surface area contributed by atoms with Gasteiger partial charge in [-0.1, -0.05) is 172 Å². The van der Waals surface area contributed by atoms with Crippen molar-refractivity contribution < 1.29 is 42.7 Å². The normalized spacial score (nSPS) is 19.4. The highest BCUT2D eigenvalue weighted by Gasteiger charge is 2.50. The molecule has 9 nitrogen and oxygen atoms in total. The van der Waals surface area contributed by atoms with E-state index in [0.717, 1.165) is 27.8 Å². The molecule has 0 spiro atoms. The molecule has 5 aromatic carbocycles. The van der Waals surface area contributed by atoms with E-state index in [1.165, 1.54) is 0 Å². The minimum Gasteiger partial charge on any atom is -0.463 e. The Kier molecular flexibility index (Phi) is 17.2. The van der Waals surface area contributed by atoms with Crippen LogP contribution in [0.25, 0.3) is 0 Å². The summed E-state index contributed by atoms with van der Waals surface area (Å²) in [5.74, 6) is -0.328. The molecule has 0 aliphatic carbocycles. The number of carbonyl (C=O) groups excluding carboxylic acids is 1. The SMILES string of the molecule is CC(C)(C)CC(=O)OC[C@H]1O[C@@H](OC(COCc2ccccc2)COCc2ccccc2)[C@H](OCc2ccccc2)[C@@H](OCc2ccccc2)[C@H]1OCc1ccccc1. The van der Waals surface area contributed by atoms with E-state index < -0.39 is 36.8 Å². The molecule has 1 saturated heterocycles. The van der Waals surface area contributed by atoms with Crippen molar-refractivity contribution in [3.8, 4) is 0 Å². The highest BCUT2D eigenvalue weighted by Crippen LogP contribution is 2.33. The van der Waals surface area contributed by atoms with Crippen LogP contribution in [-0.2, 0) is 75.7 Å². The van der Waals surface area contributed by atoms with Crippen LogP contribution < -0.4 is 0 Å². The quantitative estimate of drug-likeness (QED) is 0.0636. The topological polar surface area (TPSA) is 90.9 Å². The molecule has 1 aliphatic heterocycles. The average molecular weight is 803 g/mol. The second-order valence-electron chi connectivity index (χ2n) is 16.0. The van der Waals surface area contributed by atoms with Crippen molar-refractivity contribution in [3.05, 3.63) is 179 Å². The van der Waals surface area contributed by atoms with Crippen molar-refractivity contribution in [3.63, 3.8) is 0 Å². The molecule has 0 N–H and O–H groups in total. The van der Waals surface area contributed by atoms with Crippen LogP contribution in [0.3, 0.4) is 0 Å². The van der Waals surface area contributed by atoms with Crippen LogP contribution in [0.4, 0.5) is 0 Å². The first-order valence-corrected chi connectivity index (χ1v) is 20.5. The maximum atomic E-state index is 13.2. The largest absolute Gasteiger partial charge is 0.463 e. The van der Waals surface area contributed by atoms with E-state index in [1.807, 2.05) is 172 Å². The molecule has 0 amide bonds. The minimum absolute atomic E-state index is 0.0789. The Morgan fingerprint density at radius 1 is 0.525 bits per heavy atom. The first-order valence-electron chi connectivity index (χ1n) is 20.5. The Labute approximate surface area is 349 Å². The number of hydrogen-bond acceptors (Lipinski definition) is 9. The lowest BCUT2D eigenvalue weighted by Crippen LogP contribution is -2.62. The molecule has 1 fully saturated rings. The predicted octanol–water partition coefficient (Wildman–Crippen LogP) is 9.27. The standard InChI is InChI=1S/C50H58O9/c1-50(2,3)29-45(51)54-37-44-46(55-32-40-23-13-6-14-24-40)47(56-33-41-25-15-7-16-26-41)48(57-34-42-27-17-8-18-28-42)49(59-44)58-43(35-52-30-38-19-9-4-10-20-38)36-53-31-39-21-11-5-12-22-39/h4-28,43-44,46-49H,29-37H2,1-3H3/t44-,46+,47+,48-,49-/m1/s1. The van der Waals surface area contributed by atoms with Crippen LogP contribution in [0.5, 0.6) is 0 Å². The van der Waals surface area contributed by atoms with Crippen LogP contribution in [0.15, 0.2) is 152 Å². The van der Waals surface area contributed by atoms with Gasteiger partial charge in [0, 0.05) is 0 Å². The van der Waals surface area contributed by atoms with Gasteiger partial charge in [0.15, 0.2) is 6.29 Å². The molecule has 0 radical (unpaired) electrons. The predicted molar refractivity (Wildman–Crippen MR) is 226 cm³/mol. The number of hydrogen-bond donors (Lipinski definition) is 0. The monoisotopic (exact) mass is 802 g/mol. The fourth-order valence-electron chi connectivity index (χ4n) is 6.73. The van der Waals surface area contributed by atoms with Gasteiger partial charge in [0.05, 0.1) is 52.7 Å². The van der Waals surface area contributed by atoms with Crippen LogP contribution in [0.1, 0.15) is 55.0 Å². The van der Waals surface area contributed by atoms with Crippen molar-refractivity contribution in [2.24, 2.45) is 5.41 Å². The molecule has 312 valence electrons. The van der Waals surface area contributed by atoms with E-state index in [0.29, 0.717) is 13.2 Å². The minimum atomic E-state index is -0.993. The molecule has 5 atom stereocenters. The van der Waals surface area contributed by atoms with Crippen LogP contribution in [0.2, 0.25) is 0 Å². The van der Waals surface area contributed by atoms with Gasteiger partial charge in [-0.2, -0.15) is 0 Å². The zero-order valence-corrected chi connectivity index (χ0v) is 34.4. The molecule has 6 rings (SSSR count). The Hall–Kier alpha value is -4.71. The summed E-state index contributed by atoms with van der Waals surface area (Å²) in [6.07, 6.45) is -4.32. The number of esters is 1. The summed E-state index contributed by atoms with van der Waals surface area (Å²) in [4.78, 5) is 13.2. The van der Waals surface area contributed by atoms with Crippen LogP contribution in [-0.4, -0.2) is 62.6 Å². The van der Waals surface area contributed by atoms with E-state index >= 15 is 0 Å². The Morgan fingerprint density at radius 3 is 1.31 bits per heavy atom. The summed E-state index contributed by atoms with van der Waals surface area (Å²) in [5.41, 5.74) is 4.75. The van der Waals surface area contributed by atoms with E-state index in [-0.39, 0.29) is 57.4 Å². The fourth-order valence-corrected chi connectivity index (χ4v) is 6.73. The summed E-state index contributed by atoms with van der Waals surface area (Å²) < 4.78 is 52.7. The lowest BCUT2D eigenvalue weighted by Gasteiger charge is -2.46. The second-order valence-corrected chi connectivity index (χ2v) is 16.0. The number of ether oxygens (including phenoxy) is 8. The lowest BCUT2D eigenvalue weighted by molar-refractivity contribution is -0.339. The molecule has 0 unspecified atom stereocenters. The van der Waals surface area contributed by atoms with Gasteiger partial charge in [0.2, 0.25) is 0 Å². The van der Waals surface area contributed by atoms with Gasteiger partial charge in [-0.25, -0.2) is 0 Å². The zero-order valence-electron chi connectivity index (χ0n) is 34.4. The molecule has 1 aliphatic rings. The summed E-state index contributed by atoms with van der Waals surface area (Å²) in [6, 6.07) is 49.8. The highest BCUT2D eigenvalue weighted by molar-refractivity contribution is 5.70. The first-order chi connectivity index (χ1) is 28.8. The highest BCUT2D eigenvalue weighted by atomic mass is 16.7. The van der Waals surface area contributed by atoms with Gasteiger partial charge in [-0.05, 0) is 33.2 Å². The van der Waals surface area contributed by atoms with Crippen LogP contribution in [0, 0.1) is 5.41 Å². The molecule has 5 aromatic rings. The van der Waals surface area contributed by atoms with Gasteiger partial charge < -0.3 is 37.9 Å². The summed E-state index contributed by atoms with van der Waals surface area (Å²) in [7, 11) is 0. The molecule has 0 saturated carbocycles. The zero-order chi connectivity index (χ0) is 41.1. The van der Waals surface area contributed by atoms with Gasteiger partial charge in [0.1, 0.15) is 37.1 Å². The van der Waals surface area contributed by atoms with E-state index in [9.17, 15) is 4.79 Å². The maximum Gasteiger partial charge on any atom is 0.306 e. The molecule has 0 bridgehead atoms. The van der Waals surface area contributed by atoms with Crippen molar-refractivity contribution in [1.82, 2.24) is 0 Å². The molecule has 0 aromatic heterocycles. The van der Waals surface area contributed by atoms with E-state index in [4.69, 9.17) is 37.9 Å². The summed E-state index contributed by atoms with van der Waals surface area (Å²) >= 11 is 0.